The van der Waals surface area contributed by atoms with E-state index in [0.29, 0.717) is 28.7 Å². The second-order valence-corrected chi connectivity index (χ2v) is 6.53. The number of nitro groups is 1. The maximum Gasteiger partial charge on any atom is 0.269 e. The zero-order chi connectivity index (χ0) is 19.2. The molecule has 0 atom stereocenters. The van der Waals surface area contributed by atoms with E-state index in [1.165, 1.54) is 23.9 Å². The van der Waals surface area contributed by atoms with Crippen molar-refractivity contribution in [1.82, 2.24) is 14.8 Å². The molecule has 1 heterocycles. The molecule has 0 saturated heterocycles. The van der Waals surface area contributed by atoms with E-state index in [4.69, 9.17) is 0 Å². The fourth-order valence-electron chi connectivity index (χ4n) is 2.47. The van der Waals surface area contributed by atoms with Gasteiger partial charge in [-0.15, -0.1) is 16.8 Å². The molecule has 8 heteroatoms. The predicted octanol–water partition coefficient (Wildman–Crippen LogP) is 4.01. The quantitative estimate of drug-likeness (QED) is 0.193. The largest absolute Gasteiger partial charge is 0.298 e. The highest BCUT2D eigenvalue weighted by molar-refractivity contribution is 7.99. The lowest BCUT2D eigenvalue weighted by Crippen LogP contribution is -2.05. The molecule has 2 aromatic carbocycles. The van der Waals surface area contributed by atoms with Crippen LogP contribution < -0.4 is 0 Å². The van der Waals surface area contributed by atoms with E-state index in [9.17, 15) is 14.9 Å². The number of rotatable bonds is 8. The Labute approximate surface area is 159 Å². The number of hydrogen-bond donors (Lipinski definition) is 0. The summed E-state index contributed by atoms with van der Waals surface area (Å²) >= 11 is 1.30. The van der Waals surface area contributed by atoms with Gasteiger partial charge < -0.3 is 0 Å². The molecule has 0 radical (unpaired) electrons. The number of benzene rings is 2. The van der Waals surface area contributed by atoms with Crippen LogP contribution >= 0.6 is 11.8 Å². The van der Waals surface area contributed by atoms with Gasteiger partial charge in [-0.1, -0.05) is 48.2 Å². The molecule has 0 saturated carbocycles. The normalized spacial score (nSPS) is 10.5. The van der Waals surface area contributed by atoms with Crippen LogP contribution in [0.2, 0.25) is 0 Å². The molecule has 0 amide bonds. The molecule has 27 heavy (non-hydrogen) atoms. The third-order valence-corrected chi connectivity index (χ3v) is 4.76. The molecule has 0 spiro atoms. The van der Waals surface area contributed by atoms with Gasteiger partial charge in [-0.05, 0) is 12.1 Å². The maximum absolute atomic E-state index is 12.3. The summed E-state index contributed by atoms with van der Waals surface area (Å²) in [7, 11) is 0. The van der Waals surface area contributed by atoms with Crippen LogP contribution in [-0.4, -0.2) is 31.2 Å². The molecule has 0 aliphatic carbocycles. The van der Waals surface area contributed by atoms with E-state index >= 15 is 0 Å². The molecule has 0 fully saturated rings. The van der Waals surface area contributed by atoms with Gasteiger partial charge in [0, 0.05) is 29.8 Å². The number of hydrogen-bond acceptors (Lipinski definition) is 6. The van der Waals surface area contributed by atoms with Crippen LogP contribution in [-0.2, 0) is 6.54 Å². The van der Waals surface area contributed by atoms with Crippen LogP contribution in [0.4, 0.5) is 5.69 Å². The van der Waals surface area contributed by atoms with Gasteiger partial charge in [-0.3, -0.25) is 19.5 Å². The van der Waals surface area contributed by atoms with Crippen molar-refractivity contribution in [2.24, 2.45) is 0 Å². The first-order valence-electron chi connectivity index (χ1n) is 8.10. The topological polar surface area (TPSA) is 90.9 Å². The Morgan fingerprint density at radius 3 is 2.48 bits per heavy atom. The van der Waals surface area contributed by atoms with Gasteiger partial charge >= 0.3 is 0 Å². The molecule has 3 rings (SSSR count). The van der Waals surface area contributed by atoms with E-state index in [-0.39, 0.29) is 17.2 Å². The first-order valence-corrected chi connectivity index (χ1v) is 9.08. The average Bonchev–Trinajstić information content (AvgIpc) is 3.10. The second-order valence-electron chi connectivity index (χ2n) is 5.59. The van der Waals surface area contributed by atoms with Crippen molar-refractivity contribution < 1.29 is 9.72 Å². The Hall–Kier alpha value is -3.26. The van der Waals surface area contributed by atoms with E-state index in [1.807, 2.05) is 22.8 Å². The van der Waals surface area contributed by atoms with E-state index in [1.54, 1.807) is 30.3 Å². The molecule has 0 aliphatic rings. The molecular weight excluding hydrogens is 364 g/mol. The second kappa shape index (κ2) is 8.41. The molecule has 0 bridgehead atoms. The third-order valence-electron chi connectivity index (χ3n) is 3.79. The van der Waals surface area contributed by atoms with Crippen molar-refractivity contribution >= 4 is 23.2 Å². The number of carbonyl (C=O) groups is 1. The summed E-state index contributed by atoms with van der Waals surface area (Å²) in [4.78, 5) is 22.7. The van der Waals surface area contributed by atoms with Gasteiger partial charge in [0.15, 0.2) is 16.8 Å². The highest BCUT2D eigenvalue weighted by Gasteiger charge is 2.16. The smallest absolute Gasteiger partial charge is 0.269 e. The zero-order valence-corrected chi connectivity index (χ0v) is 15.1. The lowest BCUT2D eigenvalue weighted by molar-refractivity contribution is -0.384. The van der Waals surface area contributed by atoms with Crippen LogP contribution in [0, 0.1) is 10.1 Å². The molecule has 0 unspecified atom stereocenters. The van der Waals surface area contributed by atoms with Crippen LogP contribution in [0.25, 0.3) is 11.4 Å². The lowest BCUT2D eigenvalue weighted by atomic mass is 10.2. The third kappa shape index (κ3) is 4.29. The van der Waals surface area contributed by atoms with E-state index in [0.717, 1.165) is 0 Å². The highest BCUT2D eigenvalue weighted by atomic mass is 32.2. The zero-order valence-electron chi connectivity index (χ0n) is 14.3. The van der Waals surface area contributed by atoms with Crippen molar-refractivity contribution in [2.45, 2.75) is 11.7 Å². The van der Waals surface area contributed by atoms with Gasteiger partial charge in [0.25, 0.3) is 5.69 Å². The monoisotopic (exact) mass is 380 g/mol. The van der Waals surface area contributed by atoms with E-state index < -0.39 is 4.92 Å². The number of Topliss-reactive ketones (excluding diaryl/α,β-unsaturated/α-hetero) is 1. The summed E-state index contributed by atoms with van der Waals surface area (Å²) in [6.45, 7) is 4.21. The summed E-state index contributed by atoms with van der Waals surface area (Å²) in [5.41, 5.74) is 1.36. The van der Waals surface area contributed by atoms with Crippen LogP contribution in [0.15, 0.2) is 72.4 Å². The summed E-state index contributed by atoms with van der Waals surface area (Å²) in [5, 5.41) is 19.8. The Morgan fingerprint density at radius 1 is 1.15 bits per heavy atom. The first-order chi connectivity index (χ1) is 13.1. The number of non-ortho nitro benzene ring substituents is 1. The van der Waals surface area contributed by atoms with Gasteiger partial charge in [0.2, 0.25) is 0 Å². The number of thioether (sulfide) groups is 1. The Bertz CT molecular complexity index is 968. The van der Waals surface area contributed by atoms with Gasteiger partial charge in [0.1, 0.15) is 0 Å². The van der Waals surface area contributed by atoms with E-state index in [2.05, 4.69) is 16.8 Å². The molecule has 7 nitrogen and oxygen atoms in total. The summed E-state index contributed by atoms with van der Waals surface area (Å²) in [6.07, 6.45) is 1.71. The number of nitrogens with zero attached hydrogens (tertiary/aromatic N) is 4. The molecule has 0 N–H and O–H groups in total. The summed E-state index contributed by atoms with van der Waals surface area (Å²) in [6, 6.07) is 15.2. The number of allylic oxidation sites excluding steroid dienone is 1. The minimum Gasteiger partial charge on any atom is -0.298 e. The van der Waals surface area contributed by atoms with Crippen molar-refractivity contribution in [3.05, 3.63) is 82.9 Å². The number of carbonyl (C=O) groups excluding carboxylic acids is 1. The van der Waals surface area contributed by atoms with Gasteiger partial charge in [0.05, 0.1) is 10.7 Å². The van der Waals surface area contributed by atoms with Crippen LogP contribution in [0.3, 0.4) is 0 Å². The Kier molecular flexibility index (Phi) is 5.77. The number of ketones is 1. The maximum atomic E-state index is 12.3. The Morgan fingerprint density at radius 2 is 1.85 bits per heavy atom. The minimum atomic E-state index is -0.450. The fourth-order valence-corrected chi connectivity index (χ4v) is 3.31. The van der Waals surface area contributed by atoms with Crippen LogP contribution in [0.1, 0.15) is 10.4 Å². The minimum absolute atomic E-state index is 0.00522. The fraction of sp³-hybridized carbons (Fsp3) is 0.105. The molecule has 136 valence electrons. The van der Waals surface area contributed by atoms with Crippen molar-refractivity contribution in [1.29, 1.82) is 0 Å². The lowest BCUT2D eigenvalue weighted by Gasteiger charge is -2.07. The molecular formula is C19H16N4O3S. The average molecular weight is 380 g/mol. The molecule has 3 aromatic rings. The number of nitro benzene ring substituents is 1. The van der Waals surface area contributed by atoms with Crippen LogP contribution in [0.5, 0.6) is 0 Å². The Balaban J connectivity index is 1.81. The van der Waals surface area contributed by atoms with Crippen molar-refractivity contribution in [3.63, 3.8) is 0 Å². The first kappa shape index (κ1) is 18.5. The number of aromatic nitrogens is 3. The van der Waals surface area contributed by atoms with Gasteiger partial charge in [-0.2, -0.15) is 0 Å². The highest BCUT2D eigenvalue weighted by Crippen LogP contribution is 2.26. The van der Waals surface area contributed by atoms with Crippen molar-refractivity contribution in [3.8, 4) is 11.4 Å². The summed E-state index contributed by atoms with van der Waals surface area (Å²) < 4.78 is 1.83. The van der Waals surface area contributed by atoms with Gasteiger partial charge in [-0.25, -0.2) is 0 Å². The SMILES string of the molecule is C=CCn1c(SCC(=O)c2ccccc2)nnc1-c1ccc([N+](=O)[O-])cc1. The molecule has 0 aliphatic heterocycles. The predicted molar refractivity (Wildman–Crippen MR) is 104 cm³/mol. The summed E-state index contributed by atoms with van der Waals surface area (Å²) in [5.74, 6) is 0.810. The van der Waals surface area contributed by atoms with Crippen molar-refractivity contribution in [2.75, 3.05) is 5.75 Å². The standard InChI is InChI=1S/C19H16N4O3S/c1-2-12-22-18(15-8-10-16(11-9-15)23(25)26)20-21-19(22)27-13-17(24)14-6-4-3-5-7-14/h2-11H,1,12-13H2. The molecule has 1 aromatic heterocycles.